The van der Waals surface area contributed by atoms with Crippen LogP contribution in [0.4, 0.5) is 5.69 Å². The summed E-state index contributed by atoms with van der Waals surface area (Å²) in [6.45, 7) is 4.14. The molecule has 4 heteroatoms. The average Bonchev–Trinajstić information content (AvgIpc) is 2.30. The lowest BCUT2D eigenvalue weighted by Crippen LogP contribution is -1.99. The Morgan fingerprint density at radius 3 is 2.65 bits per heavy atom. The zero-order valence-corrected chi connectivity index (χ0v) is 10.9. The van der Waals surface area contributed by atoms with E-state index in [1.54, 1.807) is 19.2 Å². The van der Waals surface area contributed by atoms with E-state index in [1.807, 2.05) is 6.07 Å². The first kappa shape index (κ1) is 12.0. The maximum atomic E-state index is 6.16. The summed E-state index contributed by atoms with van der Waals surface area (Å²) in [5.74, 6) is 1.01. The van der Waals surface area contributed by atoms with Crippen molar-refractivity contribution in [3.8, 4) is 5.75 Å². The van der Waals surface area contributed by atoms with Gasteiger partial charge in [0.1, 0.15) is 5.75 Å². The monoisotopic (exact) mass is 250 g/mol. The molecule has 0 spiro atoms. The van der Waals surface area contributed by atoms with Crippen LogP contribution < -0.4 is 10.5 Å². The Labute approximate surface area is 106 Å². The molecule has 0 amide bonds. The summed E-state index contributed by atoms with van der Waals surface area (Å²) in [5.41, 5.74) is 8.35. The molecule has 1 aromatic carbocycles. The summed E-state index contributed by atoms with van der Waals surface area (Å²) < 4.78 is 5.28. The number of aromatic nitrogens is 1. The highest BCUT2D eigenvalue weighted by atomic mass is 35.5. The number of benzene rings is 1. The number of nitrogens with two attached hydrogens (primary N) is 1. The van der Waals surface area contributed by atoms with Crippen molar-refractivity contribution in [3.63, 3.8) is 0 Å². The molecule has 90 valence electrons. The van der Waals surface area contributed by atoms with Crippen LogP contribution in [0.3, 0.4) is 0 Å². The van der Waals surface area contributed by atoms with Crippen molar-refractivity contribution in [3.05, 3.63) is 28.9 Å². The summed E-state index contributed by atoms with van der Waals surface area (Å²) in [5, 5.41) is 1.37. The molecule has 2 N–H and O–H groups in total. The number of methoxy groups -OCH3 is 1. The van der Waals surface area contributed by atoms with Gasteiger partial charge in [0.2, 0.25) is 0 Å². The first-order valence-corrected chi connectivity index (χ1v) is 5.85. The van der Waals surface area contributed by atoms with Gasteiger partial charge in [0, 0.05) is 11.4 Å². The second-order valence-corrected chi connectivity index (χ2v) is 4.67. The third kappa shape index (κ3) is 2.03. The van der Waals surface area contributed by atoms with Gasteiger partial charge in [-0.25, -0.2) is 0 Å². The number of halogens is 1. The third-order valence-electron chi connectivity index (χ3n) is 2.73. The Bertz CT molecular complexity index is 567. The van der Waals surface area contributed by atoms with Crippen molar-refractivity contribution in [2.45, 2.75) is 19.8 Å². The average molecular weight is 251 g/mol. The summed E-state index contributed by atoms with van der Waals surface area (Å²) in [7, 11) is 1.61. The van der Waals surface area contributed by atoms with E-state index in [2.05, 4.69) is 18.8 Å². The standard InChI is InChI=1S/C13H15ClN2O/c1-7(2)10-6-9(15)12-11(17-3)5-4-8(14)13(12)16-10/h4-7H,1-3H3,(H2,15,16). The Morgan fingerprint density at radius 2 is 2.06 bits per heavy atom. The van der Waals surface area contributed by atoms with E-state index in [1.165, 1.54) is 0 Å². The van der Waals surface area contributed by atoms with E-state index < -0.39 is 0 Å². The molecule has 17 heavy (non-hydrogen) atoms. The number of pyridine rings is 1. The molecule has 3 nitrogen and oxygen atoms in total. The number of rotatable bonds is 2. The molecule has 0 saturated heterocycles. The molecule has 0 radical (unpaired) electrons. The zero-order chi connectivity index (χ0) is 12.6. The van der Waals surface area contributed by atoms with Crippen LogP contribution >= 0.6 is 11.6 Å². The zero-order valence-electron chi connectivity index (χ0n) is 10.1. The third-order valence-corrected chi connectivity index (χ3v) is 3.04. The van der Waals surface area contributed by atoms with Gasteiger partial charge in [-0.3, -0.25) is 4.98 Å². The minimum Gasteiger partial charge on any atom is -0.496 e. The van der Waals surface area contributed by atoms with E-state index in [4.69, 9.17) is 22.1 Å². The Morgan fingerprint density at radius 1 is 1.35 bits per heavy atom. The van der Waals surface area contributed by atoms with Crippen LogP contribution in [-0.4, -0.2) is 12.1 Å². The van der Waals surface area contributed by atoms with Crippen molar-refractivity contribution in [2.75, 3.05) is 12.8 Å². The minimum atomic E-state index is 0.309. The van der Waals surface area contributed by atoms with Crippen molar-refractivity contribution < 1.29 is 4.74 Å². The second kappa shape index (κ2) is 4.41. The van der Waals surface area contributed by atoms with Crippen LogP contribution in [0, 0.1) is 0 Å². The van der Waals surface area contributed by atoms with Crippen LogP contribution in [-0.2, 0) is 0 Å². The van der Waals surface area contributed by atoms with Gasteiger partial charge < -0.3 is 10.5 Å². The number of nitrogen functional groups attached to an aromatic ring is 1. The maximum Gasteiger partial charge on any atom is 0.130 e. The lowest BCUT2D eigenvalue weighted by atomic mass is 10.1. The first-order valence-electron chi connectivity index (χ1n) is 5.47. The number of nitrogens with zero attached hydrogens (tertiary/aromatic N) is 1. The van der Waals surface area contributed by atoms with E-state index in [-0.39, 0.29) is 0 Å². The lowest BCUT2D eigenvalue weighted by Gasteiger charge is -2.12. The number of hydrogen-bond donors (Lipinski definition) is 1. The summed E-state index contributed by atoms with van der Waals surface area (Å²) >= 11 is 6.16. The number of hydrogen-bond acceptors (Lipinski definition) is 3. The van der Waals surface area contributed by atoms with Crippen LogP contribution in [0.2, 0.25) is 5.02 Å². The predicted molar refractivity (Wildman–Crippen MR) is 71.8 cm³/mol. The fourth-order valence-electron chi connectivity index (χ4n) is 1.79. The van der Waals surface area contributed by atoms with Gasteiger partial charge >= 0.3 is 0 Å². The number of anilines is 1. The first-order chi connectivity index (χ1) is 8.04. The van der Waals surface area contributed by atoms with Crippen molar-refractivity contribution >= 4 is 28.2 Å². The minimum absolute atomic E-state index is 0.309. The molecule has 2 aromatic rings. The van der Waals surface area contributed by atoms with Crippen molar-refractivity contribution in [1.29, 1.82) is 0 Å². The second-order valence-electron chi connectivity index (χ2n) is 4.26. The van der Waals surface area contributed by atoms with E-state index >= 15 is 0 Å². The summed E-state index contributed by atoms with van der Waals surface area (Å²) in [6.07, 6.45) is 0. The molecule has 0 saturated carbocycles. The topological polar surface area (TPSA) is 48.1 Å². The van der Waals surface area contributed by atoms with Crippen molar-refractivity contribution in [1.82, 2.24) is 4.98 Å². The van der Waals surface area contributed by atoms with Gasteiger partial charge in [0.05, 0.1) is 23.0 Å². The molecule has 0 atom stereocenters. The molecule has 0 aliphatic heterocycles. The quantitative estimate of drug-likeness (QED) is 0.886. The largest absolute Gasteiger partial charge is 0.496 e. The van der Waals surface area contributed by atoms with Crippen molar-refractivity contribution in [2.24, 2.45) is 0 Å². The lowest BCUT2D eigenvalue weighted by molar-refractivity contribution is 0.420. The van der Waals surface area contributed by atoms with Crippen LogP contribution in [0.15, 0.2) is 18.2 Å². The normalized spacial score (nSPS) is 11.1. The molecule has 1 aromatic heterocycles. The molecule has 0 aliphatic carbocycles. The highest BCUT2D eigenvalue weighted by molar-refractivity contribution is 6.35. The maximum absolute atomic E-state index is 6.16. The Hall–Kier alpha value is -1.48. The van der Waals surface area contributed by atoms with Gasteiger partial charge in [0.15, 0.2) is 0 Å². The molecule has 1 heterocycles. The summed E-state index contributed by atoms with van der Waals surface area (Å²) in [4.78, 5) is 4.55. The molecular formula is C13H15ClN2O. The summed E-state index contributed by atoms with van der Waals surface area (Å²) in [6, 6.07) is 5.46. The predicted octanol–water partition coefficient (Wildman–Crippen LogP) is 3.60. The van der Waals surface area contributed by atoms with E-state index in [9.17, 15) is 0 Å². The smallest absolute Gasteiger partial charge is 0.130 e. The highest BCUT2D eigenvalue weighted by Gasteiger charge is 2.13. The molecule has 0 unspecified atom stereocenters. The molecule has 2 rings (SSSR count). The fraction of sp³-hybridized carbons (Fsp3) is 0.308. The molecular weight excluding hydrogens is 236 g/mol. The van der Waals surface area contributed by atoms with E-state index in [0.29, 0.717) is 27.9 Å². The van der Waals surface area contributed by atoms with Gasteiger partial charge in [-0.1, -0.05) is 25.4 Å². The van der Waals surface area contributed by atoms with Gasteiger partial charge in [0.25, 0.3) is 0 Å². The van der Waals surface area contributed by atoms with Gasteiger partial charge in [-0.15, -0.1) is 0 Å². The Kier molecular flexibility index (Phi) is 3.11. The van der Waals surface area contributed by atoms with Crippen LogP contribution in [0.1, 0.15) is 25.5 Å². The molecule has 0 aliphatic rings. The SMILES string of the molecule is COc1ccc(Cl)c2nc(C(C)C)cc(N)c12. The van der Waals surface area contributed by atoms with Gasteiger partial charge in [-0.2, -0.15) is 0 Å². The molecule has 0 bridgehead atoms. The van der Waals surface area contributed by atoms with Gasteiger partial charge in [-0.05, 0) is 24.1 Å². The number of fused-ring (bicyclic) bond motifs is 1. The number of ether oxygens (including phenoxy) is 1. The Balaban J connectivity index is 2.84. The van der Waals surface area contributed by atoms with Crippen LogP contribution in [0.25, 0.3) is 10.9 Å². The highest BCUT2D eigenvalue weighted by Crippen LogP contribution is 2.35. The fourth-order valence-corrected chi connectivity index (χ4v) is 1.99. The molecule has 0 fully saturated rings. The van der Waals surface area contributed by atoms with Crippen LogP contribution in [0.5, 0.6) is 5.75 Å². The van der Waals surface area contributed by atoms with E-state index in [0.717, 1.165) is 11.1 Å².